The number of aromatic nitrogens is 1. The van der Waals surface area contributed by atoms with Gasteiger partial charge in [-0.05, 0) is 47.4 Å². The van der Waals surface area contributed by atoms with Crippen molar-refractivity contribution in [3.8, 4) is 0 Å². The summed E-state index contributed by atoms with van der Waals surface area (Å²) in [5.74, 6) is 0.212. The lowest BCUT2D eigenvalue weighted by atomic mass is 10.00. The molecule has 1 aliphatic heterocycles. The third-order valence-electron chi connectivity index (χ3n) is 2.91. The lowest BCUT2D eigenvalue weighted by molar-refractivity contribution is -0.112. The van der Waals surface area contributed by atoms with Gasteiger partial charge in [0.2, 0.25) is 0 Å². The third-order valence-corrected chi connectivity index (χ3v) is 3.38. The molecule has 1 atom stereocenters. The first-order chi connectivity index (χ1) is 7.78. The van der Waals surface area contributed by atoms with Crippen LogP contribution in [0.15, 0.2) is 22.8 Å². The molecule has 0 spiro atoms. The maximum atomic E-state index is 10.8. The maximum absolute atomic E-state index is 10.8. The number of pyridine rings is 1. The van der Waals surface area contributed by atoms with Gasteiger partial charge >= 0.3 is 0 Å². The van der Waals surface area contributed by atoms with Gasteiger partial charge in [-0.2, -0.15) is 0 Å². The highest BCUT2D eigenvalue weighted by Crippen LogP contribution is 2.16. The fourth-order valence-corrected chi connectivity index (χ4v) is 2.31. The van der Waals surface area contributed by atoms with Crippen LogP contribution in [0.4, 0.5) is 0 Å². The quantitative estimate of drug-likeness (QED) is 0.798. The molecule has 1 fully saturated rings. The first-order valence-electron chi connectivity index (χ1n) is 5.56. The Morgan fingerprint density at radius 1 is 1.56 bits per heavy atom. The second kappa shape index (κ2) is 5.55. The van der Waals surface area contributed by atoms with Crippen molar-refractivity contribution in [2.45, 2.75) is 19.4 Å². The summed E-state index contributed by atoms with van der Waals surface area (Å²) in [5, 5.41) is 0. The third kappa shape index (κ3) is 3.12. The molecule has 1 aromatic heterocycles. The average Bonchev–Trinajstić information content (AvgIpc) is 2.32. The van der Waals surface area contributed by atoms with Gasteiger partial charge in [0, 0.05) is 29.7 Å². The SMILES string of the molecule is O=CC1CCCN(Cc2ccc(Br)cn2)C1. The smallest absolute Gasteiger partial charge is 0.124 e. The molecule has 2 rings (SSSR count). The highest BCUT2D eigenvalue weighted by molar-refractivity contribution is 9.10. The number of hydrogen-bond acceptors (Lipinski definition) is 3. The van der Waals surface area contributed by atoms with E-state index < -0.39 is 0 Å². The van der Waals surface area contributed by atoms with Crippen LogP contribution in [0.3, 0.4) is 0 Å². The minimum atomic E-state index is 0.212. The van der Waals surface area contributed by atoms with E-state index in [4.69, 9.17) is 0 Å². The number of halogens is 1. The van der Waals surface area contributed by atoms with Crippen molar-refractivity contribution >= 4 is 22.2 Å². The van der Waals surface area contributed by atoms with E-state index in [9.17, 15) is 4.79 Å². The fourth-order valence-electron chi connectivity index (χ4n) is 2.08. The fraction of sp³-hybridized carbons (Fsp3) is 0.500. The van der Waals surface area contributed by atoms with Crippen molar-refractivity contribution in [1.82, 2.24) is 9.88 Å². The predicted octanol–water partition coefficient (Wildman–Crippen LogP) is 2.26. The Kier molecular flexibility index (Phi) is 4.07. The summed E-state index contributed by atoms with van der Waals surface area (Å²) in [6.45, 7) is 2.79. The molecule has 0 saturated carbocycles. The van der Waals surface area contributed by atoms with Crippen molar-refractivity contribution in [3.63, 3.8) is 0 Å². The normalized spacial score (nSPS) is 21.9. The number of hydrogen-bond donors (Lipinski definition) is 0. The Morgan fingerprint density at radius 2 is 2.44 bits per heavy atom. The molecule has 1 unspecified atom stereocenters. The number of carbonyl (C=O) groups excluding carboxylic acids is 1. The summed E-state index contributed by atoms with van der Waals surface area (Å²) < 4.78 is 1.00. The zero-order chi connectivity index (χ0) is 11.4. The molecular weight excluding hydrogens is 268 g/mol. The maximum Gasteiger partial charge on any atom is 0.124 e. The summed E-state index contributed by atoms with van der Waals surface area (Å²) in [6.07, 6.45) is 5.05. The zero-order valence-corrected chi connectivity index (χ0v) is 10.7. The molecule has 1 aliphatic rings. The van der Waals surface area contributed by atoms with Crippen molar-refractivity contribution in [2.75, 3.05) is 13.1 Å². The van der Waals surface area contributed by atoms with Gasteiger partial charge in [0.25, 0.3) is 0 Å². The second-order valence-corrected chi connectivity index (χ2v) is 5.16. The van der Waals surface area contributed by atoms with Crippen LogP contribution < -0.4 is 0 Å². The molecule has 0 amide bonds. The molecule has 86 valence electrons. The highest BCUT2D eigenvalue weighted by Gasteiger charge is 2.19. The minimum absolute atomic E-state index is 0.212. The Labute approximate surface area is 104 Å². The Hall–Kier alpha value is -0.740. The molecule has 2 heterocycles. The standard InChI is InChI=1S/C12H15BrN2O/c13-11-3-4-12(14-6-11)8-15-5-1-2-10(7-15)9-16/h3-4,6,9-10H,1-2,5,7-8H2. The molecule has 1 aromatic rings. The topological polar surface area (TPSA) is 33.2 Å². The molecule has 3 nitrogen and oxygen atoms in total. The van der Waals surface area contributed by atoms with E-state index in [-0.39, 0.29) is 5.92 Å². The first kappa shape index (κ1) is 11.7. The van der Waals surface area contributed by atoms with E-state index in [1.165, 1.54) is 0 Å². The number of aldehydes is 1. The summed E-state index contributed by atoms with van der Waals surface area (Å²) in [4.78, 5) is 17.4. The number of rotatable bonds is 3. The van der Waals surface area contributed by atoms with Gasteiger partial charge in [0.05, 0.1) is 5.69 Å². The van der Waals surface area contributed by atoms with Crippen LogP contribution in [0.25, 0.3) is 0 Å². The van der Waals surface area contributed by atoms with Crippen LogP contribution in [-0.4, -0.2) is 29.3 Å². The molecule has 0 radical (unpaired) electrons. The van der Waals surface area contributed by atoms with Gasteiger partial charge in [-0.1, -0.05) is 0 Å². The van der Waals surface area contributed by atoms with Gasteiger partial charge in [0.1, 0.15) is 6.29 Å². The molecule has 4 heteroatoms. The van der Waals surface area contributed by atoms with Crippen molar-refractivity contribution in [2.24, 2.45) is 5.92 Å². The Balaban J connectivity index is 1.93. The van der Waals surface area contributed by atoms with E-state index in [0.29, 0.717) is 0 Å². The Morgan fingerprint density at radius 3 is 3.12 bits per heavy atom. The number of likely N-dealkylation sites (tertiary alicyclic amines) is 1. The lowest BCUT2D eigenvalue weighted by Gasteiger charge is -2.29. The summed E-state index contributed by atoms with van der Waals surface area (Å²) >= 11 is 3.37. The minimum Gasteiger partial charge on any atom is -0.303 e. The average molecular weight is 283 g/mol. The van der Waals surface area contributed by atoms with Gasteiger partial charge in [-0.3, -0.25) is 9.88 Å². The summed E-state index contributed by atoms with van der Waals surface area (Å²) in [6, 6.07) is 4.03. The number of carbonyl (C=O) groups is 1. The highest BCUT2D eigenvalue weighted by atomic mass is 79.9. The van der Waals surface area contributed by atoms with Crippen LogP contribution in [-0.2, 0) is 11.3 Å². The lowest BCUT2D eigenvalue weighted by Crippen LogP contribution is -2.35. The van der Waals surface area contributed by atoms with Crippen LogP contribution in [0.1, 0.15) is 18.5 Å². The summed E-state index contributed by atoms with van der Waals surface area (Å²) in [5.41, 5.74) is 1.06. The van der Waals surface area contributed by atoms with Crippen molar-refractivity contribution in [1.29, 1.82) is 0 Å². The largest absolute Gasteiger partial charge is 0.303 e. The number of nitrogens with zero attached hydrogens (tertiary/aromatic N) is 2. The molecule has 0 aromatic carbocycles. The molecule has 16 heavy (non-hydrogen) atoms. The van der Waals surface area contributed by atoms with Crippen LogP contribution in [0.5, 0.6) is 0 Å². The molecule has 1 saturated heterocycles. The van der Waals surface area contributed by atoms with E-state index >= 15 is 0 Å². The van der Waals surface area contributed by atoms with Gasteiger partial charge in [-0.15, -0.1) is 0 Å². The van der Waals surface area contributed by atoms with E-state index in [2.05, 4.69) is 25.8 Å². The molecule has 0 aliphatic carbocycles. The van der Waals surface area contributed by atoms with Gasteiger partial charge in [0.15, 0.2) is 0 Å². The van der Waals surface area contributed by atoms with Crippen LogP contribution in [0.2, 0.25) is 0 Å². The van der Waals surface area contributed by atoms with E-state index in [1.54, 1.807) is 0 Å². The predicted molar refractivity (Wildman–Crippen MR) is 66.0 cm³/mol. The monoisotopic (exact) mass is 282 g/mol. The van der Waals surface area contributed by atoms with Gasteiger partial charge in [-0.25, -0.2) is 0 Å². The van der Waals surface area contributed by atoms with E-state index in [1.807, 2.05) is 18.3 Å². The number of piperidine rings is 1. The van der Waals surface area contributed by atoms with Crippen molar-refractivity contribution < 1.29 is 4.79 Å². The van der Waals surface area contributed by atoms with E-state index in [0.717, 1.165) is 48.9 Å². The summed E-state index contributed by atoms with van der Waals surface area (Å²) in [7, 11) is 0. The Bertz CT molecular complexity index is 353. The zero-order valence-electron chi connectivity index (χ0n) is 9.10. The van der Waals surface area contributed by atoms with Gasteiger partial charge < -0.3 is 4.79 Å². The van der Waals surface area contributed by atoms with Crippen LogP contribution in [0, 0.1) is 5.92 Å². The molecule has 0 N–H and O–H groups in total. The second-order valence-electron chi connectivity index (χ2n) is 4.24. The first-order valence-corrected chi connectivity index (χ1v) is 6.35. The van der Waals surface area contributed by atoms with Crippen LogP contribution >= 0.6 is 15.9 Å². The van der Waals surface area contributed by atoms with Crippen molar-refractivity contribution in [3.05, 3.63) is 28.5 Å². The molecular formula is C12H15BrN2O. The molecule has 0 bridgehead atoms.